The summed E-state index contributed by atoms with van der Waals surface area (Å²) >= 11 is 0. The fourth-order valence-corrected chi connectivity index (χ4v) is 2.50. The van der Waals surface area contributed by atoms with Crippen LogP contribution in [0.15, 0.2) is 24.3 Å². The van der Waals surface area contributed by atoms with Gasteiger partial charge in [0.05, 0.1) is 18.3 Å². The van der Waals surface area contributed by atoms with Gasteiger partial charge in [-0.2, -0.15) is 0 Å². The summed E-state index contributed by atoms with van der Waals surface area (Å²) in [6, 6.07) is 8.23. The molecule has 18 heavy (non-hydrogen) atoms. The van der Waals surface area contributed by atoms with Crippen LogP contribution in [0.25, 0.3) is 10.9 Å². The molecule has 2 rings (SSSR count). The van der Waals surface area contributed by atoms with Crippen LogP contribution in [-0.4, -0.2) is 18.0 Å². The standard InChI is InChI=1S/C15H19NO2/c1-4-12(5-2)16-13(10-17)8-11-6-7-14(18-3)9-15(11)16/h6-10,12H,4-5H2,1-3H3. The van der Waals surface area contributed by atoms with Gasteiger partial charge in [-0.05, 0) is 31.0 Å². The zero-order valence-electron chi connectivity index (χ0n) is 11.1. The number of methoxy groups -OCH3 is 1. The normalized spacial score (nSPS) is 11.1. The Bertz CT molecular complexity index is 553. The second-order valence-electron chi connectivity index (χ2n) is 4.45. The molecule has 0 aliphatic rings. The fourth-order valence-electron chi connectivity index (χ4n) is 2.50. The Hall–Kier alpha value is -1.77. The van der Waals surface area contributed by atoms with Crippen molar-refractivity contribution in [2.24, 2.45) is 0 Å². The van der Waals surface area contributed by atoms with Gasteiger partial charge >= 0.3 is 0 Å². The Labute approximate surface area is 107 Å². The Morgan fingerprint density at radius 2 is 2.00 bits per heavy atom. The average molecular weight is 245 g/mol. The average Bonchev–Trinajstić information content (AvgIpc) is 2.78. The summed E-state index contributed by atoms with van der Waals surface area (Å²) in [4.78, 5) is 11.2. The van der Waals surface area contributed by atoms with E-state index in [1.807, 2.05) is 24.3 Å². The lowest BCUT2D eigenvalue weighted by Gasteiger charge is -2.18. The molecule has 0 aliphatic carbocycles. The Morgan fingerprint density at radius 3 is 2.56 bits per heavy atom. The lowest BCUT2D eigenvalue weighted by Crippen LogP contribution is -2.09. The van der Waals surface area contributed by atoms with Gasteiger partial charge in [-0.25, -0.2) is 0 Å². The molecule has 1 aromatic carbocycles. The number of rotatable bonds is 5. The molecule has 0 N–H and O–H groups in total. The van der Waals surface area contributed by atoms with E-state index in [0.717, 1.165) is 41.5 Å². The van der Waals surface area contributed by atoms with Crippen molar-refractivity contribution in [2.75, 3.05) is 7.11 Å². The van der Waals surface area contributed by atoms with Crippen molar-refractivity contribution in [3.8, 4) is 5.75 Å². The predicted molar refractivity (Wildman–Crippen MR) is 73.5 cm³/mol. The van der Waals surface area contributed by atoms with E-state index < -0.39 is 0 Å². The lowest BCUT2D eigenvalue weighted by atomic mass is 10.1. The molecule has 0 saturated heterocycles. The second-order valence-corrected chi connectivity index (χ2v) is 4.45. The number of carbonyl (C=O) groups excluding carboxylic acids is 1. The maximum atomic E-state index is 11.2. The minimum Gasteiger partial charge on any atom is -0.497 e. The molecule has 0 saturated carbocycles. The van der Waals surface area contributed by atoms with Crippen LogP contribution >= 0.6 is 0 Å². The fraction of sp³-hybridized carbons (Fsp3) is 0.400. The zero-order chi connectivity index (χ0) is 13.1. The van der Waals surface area contributed by atoms with Gasteiger partial charge in [-0.3, -0.25) is 4.79 Å². The first kappa shape index (κ1) is 12.7. The van der Waals surface area contributed by atoms with Crippen LogP contribution in [0, 0.1) is 0 Å². The molecule has 2 aromatic rings. The minimum atomic E-state index is 0.356. The molecule has 0 amide bonds. The number of benzene rings is 1. The van der Waals surface area contributed by atoms with Crippen LogP contribution in [0.2, 0.25) is 0 Å². The number of aldehydes is 1. The molecule has 0 radical (unpaired) electrons. The van der Waals surface area contributed by atoms with Gasteiger partial charge in [0.2, 0.25) is 0 Å². The molecular weight excluding hydrogens is 226 g/mol. The van der Waals surface area contributed by atoms with E-state index >= 15 is 0 Å². The van der Waals surface area contributed by atoms with E-state index in [0.29, 0.717) is 6.04 Å². The highest BCUT2D eigenvalue weighted by atomic mass is 16.5. The van der Waals surface area contributed by atoms with Crippen LogP contribution in [0.1, 0.15) is 43.2 Å². The van der Waals surface area contributed by atoms with Crippen molar-refractivity contribution in [1.29, 1.82) is 0 Å². The van der Waals surface area contributed by atoms with Gasteiger partial charge in [-0.1, -0.05) is 13.8 Å². The molecule has 0 fully saturated rings. The molecule has 96 valence electrons. The Kier molecular flexibility index (Phi) is 3.70. The second kappa shape index (κ2) is 5.25. The number of fused-ring (bicyclic) bond motifs is 1. The molecule has 3 heteroatoms. The van der Waals surface area contributed by atoms with Crippen LogP contribution in [0.4, 0.5) is 0 Å². The van der Waals surface area contributed by atoms with E-state index in [4.69, 9.17) is 4.74 Å². The van der Waals surface area contributed by atoms with Crippen LogP contribution in [0.5, 0.6) is 5.75 Å². The highest BCUT2D eigenvalue weighted by molar-refractivity contribution is 5.89. The first-order chi connectivity index (χ1) is 8.74. The number of hydrogen-bond acceptors (Lipinski definition) is 2. The van der Waals surface area contributed by atoms with Gasteiger partial charge in [-0.15, -0.1) is 0 Å². The maximum Gasteiger partial charge on any atom is 0.166 e. The smallest absolute Gasteiger partial charge is 0.166 e. The van der Waals surface area contributed by atoms with Crippen molar-refractivity contribution in [1.82, 2.24) is 4.57 Å². The lowest BCUT2D eigenvalue weighted by molar-refractivity contribution is 0.111. The van der Waals surface area contributed by atoms with Gasteiger partial charge in [0, 0.05) is 17.5 Å². The van der Waals surface area contributed by atoms with Crippen LogP contribution in [0.3, 0.4) is 0 Å². The van der Waals surface area contributed by atoms with E-state index in [1.165, 1.54) is 0 Å². The number of carbonyl (C=O) groups is 1. The van der Waals surface area contributed by atoms with Gasteiger partial charge in [0.1, 0.15) is 5.75 Å². The van der Waals surface area contributed by atoms with Crippen molar-refractivity contribution in [3.05, 3.63) is 30.0 Å². The Balaban J connectivity index is 2.69. The van der Waals surface area contributed by atoms with Gasteiger partial charge in [0.25, 0.3) is 0 Å². The zero-order valence-corrected chi connectivity index (χ0v) is 11.1. The topological polar surface area (TPSA) is 31.2 Å². The van der Waals surface area contributed by atoms with Crippen molar-refractivity contribution in [3.63, 3.8) is 0 Å². The molecular formula is C15H19NO2. The van der Waals surface area contributed by atoms with E-state index in [1.54, 1.807) is 7.11 Å². The van der Waals surface area contributed by atoms with Crippen molar-refractivity contribution >= 4 is 17.2 Å². The Morgan fingerprint density at radius 1 is 1.28 bits per heavy atom. The van der Waals surface area contributed by atoms with E-state index in [-0.39, 0.29) is 0 Å². The number of aromatic nitrogens is 1. The molecule has 0 unspecified atom stereocenters. The van der Waals surface area contributed by atoms with Crippen LogP contribution in [-0.2, 0) is 0 Å². The van der Waals surface area contributed by atoms with Crippen molar-refractivity contribution < 1.29 is 9.53 Å². The third-order valence-corrected chi connectivity index (χ3v) is 3.51. The third-order valence-electron chi connectivity index (χ3n) is 3.51. The quantitative estimate of drug-likeness (QED) is 0.750. The van der Waals surface area contributed by atoms with Gasteiger partial charge < -0.3 is 9.30 Å². The van der Waals surface area contributed by atoms with E-state index in [9.17, 15) is 4.79 Å². The minimum absolute atomic E-state index is 0.356. The summed E-state index contributed by atoms with van der Waals surface area (Å²) in [5, 5.41) is 1.09. The highest BCUT2D eigenvalue weighted by Crippen LogP contribution is 2.29. The van der Waals surface area contributed by atoms with E-state index in [2.05, 4.69) is 18.4 Å². The molecule has 0 spiro atoms. The van der Waals surface area contributed by atoms with Gasteiger partial charge in [0.15, 0.2) is 6.29 Å². The third kappa shape index (κ3) is 2.01. The molecule has 0 bridgehead atoms. The number of nitrogens with zero attached hydrogens (tertiary/aromatic N) is 1. The SMILES string of the molecule is CCC(CC)n1c(C=O)cc2ccc(OC)cc21. The maximum absolute atomic E-state index is 11.2. The summed E-state index contributed by atoms with van der Waals surface area (Å²) in [6.45, 7) is 4.30. The molecule has 0 aliphatic heterocycles. The molecule has 0 atom stereocenters. The van der Waals surface area contributed by atoms with Crippen LogP contribution < -0.4 is 4.74 Å². The molecule has 3 nitrogen and oxygen atoms in total. The van der Waals surface area contributed by atoms with Crippen molar-refractivity contribution in [2.45, 2.75) is 32.7 Å². The summed E-state index contributed by atoms with van der Waals surface area (Å²) in [7, 11) is 1.66. The predicted octanol–water partition coefficient (Wildman–Crippen LogP) is 3.82. The number of ether oxygens (including phenoxy) is 1. The number of hydrogen-bond donors (Lipinski definition) is 0. The summed E-state index contributed by atoms with van der Waals surface area (Å²) < 4.78 is 7.40. The highest BCUT2D eigenvalue weighted by Gasteiger charge is 2.15. The first-order valence-corrected chi connectivity index (χ1v) is 6.39. The summed E-state index contributed by atoms with van der Waals surface area (Å²) in [6.07, 6.45) is 2.96. The monoisotopic (exact) mass is 245 g/mol. The molecule has 1 heterocycles. The molecule has 1 aromatic heterocycles. The largest absolute Gasteiger partial charge is 0.497 e. The summed E-state index contributed by atoms with van der Waals surface area (Å²) in [5.74, 6) is 0.824. The summed E-state index contributed by atoms with van der Waals surface area (Å²) in [5.41, 5.74) is 1.82. The first-order valence-electron chi connectivity index (χ1n) is 6.39.